The Labute approximate surface area is 122 Å². The van der Waals surface area contributed by atoms with Crippen LogP contribution in [0.3, 0.4) is 0 Å². The van der Waals surface area contributed by atoms with E-state index in [1.54, 1.807) is 6.07 Å². The van der Waals surface area contributed by atoms with Gasteiger partial charge < -0.3 is 10.0 Å². The van der Waals surface area contributed by atoms with Gasteiger partial charge in [0.15, 0.2) is 0 Å². The summed E-state index contributed by atoms with van der Waals surface area (Å²) >= 11 is 1.09. The minimum atomic E-state index is -0.955. The molecule has 1 saturated heterocycles. The number of carboxylic acid groups (broad SMARTS) is 1. The lowest BCUT2D eigenvalue weighted by atomic mass is 9.78. The van der Waals surface area contributed by atoms with Crippen LogP contribution in [-0.4, -0.2) is 34.5 Å². The van der Waals surface area contributed by atoms with Crippen molar-refractivity contribution in [3.8, 4) is 0 Å². The summed E-state index contributed by atoms with van der Waals surface area (Å²) in [6.45, 7) is 0.820. The van der Waals surface area contributed by atoms with Crippen LogP contribution in [0.4, 0.5) is 0 Å². The van der Waals surface area contributed by atoms with Gasteiger partial charge >= 0.3 is 5.97 Å². The lowest BCUT2D eigenvalue weighted by molar-refractivity contribution is 0.0395. The van der Waals surface area contributed by atoms with Crippen LogP contribution in [-0.2, 0) is 0 Å². The van der Waals surface area contributed by atoms with E-state index in [0.29, 0.717) is 16.8 Å². The Bertz CT molecular complexity index is 523. The van der Waals surface area contributed by atoms with E-state index in [0.717, 1.165) is 30.7 Å². The van der Waals surface area contributed by atoms with Gasteiger partial charge in [-0.2, -0.15) is 0 Å². The van der Waals surface area contributed by atoms with Crippen molar-refractivity contribution in [2.45, 2.75) is 44.6 Å². The molecule has 1 aliphatic heterocycles. The van der Waals surface area contributed by atoms with Gasteiger partial charge in [-0.05, 0) is 43.7 Å². The Morgan fingerprint density at radius 2 is 1.80 bits per heavy atom. The maximum absolute atomic E-state index is 12.6. The SMILES string of the molecule is O=C(O)c1ccc(C(=O)N2CCC[C@@H]3CCCC[C@@H]32)s1. The Morgan fingerprint density at radius 1 is 1.10 bits per heavy atom. The first kappa shape index (κ1) is 13.6. The van der Waals surface area contributed by atoms with Crippen molar-refractivity contribution in [2.75, 3.05) is 6.54 Å². The van der Waals surface area contributed by atoms with Gasteiger partial charge in [0.25, 0.3) is 5.91 Å². The molecule has 1 aliphatic carbocycles. The molecule has 2 fully saturated rings. The molecule has 0 radical (unpaired) electrons. The predicted molar refractivity (Wildman–Crippen MR) is 77.3 cm³/mol. The number of likely N-dealkylation sites (tertiary alicyclic amines) is 1. The van der Waals surface area contributed by atoms with Gasteiger partial charge in [-0.15, -0.1) is 11.3 Å². The van der Waals surface area contributed by atoms with Crippen LogP contribution in [0.2, 0.25) is 0 Å². The molecule has 2 atom stereocenters. The summed E-state index contributed by atoms with van der Waals surface area (Å²) in [5, 5.41) is 8.96. The molecule has 1 amide bonds. The maximum Gasteiger partial charge on any atom is 0.345 e. The number of fused-ring (bicyclic) bond motifs is 1. The minimum absolute atomic E-state index is 0.0269. The van der Waals surface area contributed by atoms with Crippen molar-refractivity contribution in [1.29, 1.82) is 0 Å². The summed E-state index contributed by atoms with van der Waals surface area (Å²) in [6, 6.07) is 3.56. The smallest absolute Gasteiger partial charge is 0.345 e. The zero-order chi connectivity index (χ0) is 14.1. The molecule has 1 N–H and O–H groups in total. The number of carbonyl (C=O) groups excluding carboxylic acids is 1. The van der Waals surface area contributed by atoms with Crippen molar-refractivity contribution in [3.05, 3.63) is 21.9 Å². The van der Waals surface area contributed by atoms with E-state index in [4.69, 9.17) is 5.11 Å². The van der Waals surface area contributed by atoms with E-state index in [1.807, 2.05) is 4.90 Å². The Balaban J connectivity index is 1.79. The largest absolute Gasteiger partial charge is 0.477 e. The second-order valence-electron chi connectivity index (χ2n) is 5.72. The summed E-state index contributed by atoms with van der Waals surface area (Å²) in [7, 11) is 0. The number of carbonyl (C=O) groups is 2. The van der Waals surface area contributed by atoms with Gasteiger partial charge in [0.1, 0.15) is 4.88 Å². The number of carboxylic acids is 1. The number of amides is 1. The summed E-state index contributed by atoms with van der Waals surface area (Å²) in [4.78, 5) is 26.4. The van der Waals surface area contributed by atoms with Crippen LogP contribution >= 0.6 is 11.3 Å². The van der Waals surface area contributed by atoms with E-state index in [-0.39, 0.29) is 10.8 Å². The third-order valence-corrected chi connectivity index (χ3v) is 5.59. The highest BCUT2D eigenvalue weighted by Gasteiger charge is 2.36. The van der Waals surface area contributed by atoms with Crippen LogP contribution in [0.25, 0.3) is 0 Å². The standard InChI is InChI=1S/C15H19NO3S/c17-14(12-7-8-13(20-12)15(18)19)16-9-3-5-10-4-1-2-6-11(10)16/h7-8,10-11H,1-6,9H2,(H,18,19)/t10-,11-/m0/s1. The summed E-state index contributed by atoms with van der Waals surface area (Å²) in [6.07, 6.45) is 7.14. The van der Waals surface area contributed by atoms with Crippen molar-refractivity contribution < 1.29 is 14.7 Å². The first-order valence-electron chi connectivity index (χ1n) is 7.31. The third-order valence-electron chi connectivity index (χ3n) is 4.53. The molecule has 3 rings (SSSR count). The number of rotatable bonds is 2. The first-order chi connectivity index (χ1) is 9.66. The zero-order valence-electron chi connectivity index (χ0n) is 11.4. The fourth-order valence-corrected chi connectivity index (χ4v) is 4.39. The van der Waals surface area contributed by atoms with Gasteiger partial charge in [-0.3, -0.25) is 4.79 Å². The van der Waals surface area contributed by atoms with Crippen molar-refractivity contribution in [1.82, 2.24) is 4.90 Å². The normalized spacial score (nSPS) is 26.1. The monoisotopic (exact) mass is 293 g/mol. The maximum atomic E-state index is 12.6. The van der Waals surface area contributed by atoms with E-state index in [2.05, 4.69) is 0 Å². The molecule has 108 valence electrons. The zero-order valence-corrected chi connectivity index (χ0v) is 12.2. The number of thiophene rings is 1. The van der Waals surface area contributed by atoms with Crippen molar-refractivity contribution in [2.24, 2.45) is 5.92 Å². The van der Waals surface area contributed by atoms with Crippen LogP contribution in [0.15, 0.2) is 12.1 Å². The molecule has 1 saturated carbocycles. The second kappa shape index (κ2) is 5.56. The van der Waals surface area contributed by atoms with Crippen molar-refractivity contribution >= 4 is 23.2 Å². The topological polar surface area (TPSA) is 57.6 Å². The average molecular weight is 293 g/mol. The van der Waals surface area contributed by atoms with Crippen LogP contribution in [0, 0.1) is 5.92 Å². The predicted octanol–water partition coefficient (Wildman–Crippen LogP) is 3.24. The fraction of sp³-hybridized carbons (Fsp3) is 0.600. The second-order valence-corrected chi connectivity index (χ2v) is 6.81. The van der Waals surface area contributed by atoms with Crippen LogP contribution < -0.4 is 0 Å². The number of aromatic carboxylic acids is 1. The Hall–Kier alpha value is -1.36. The molecule has 2 aliphatic rings. The van der Waals surface area contributed by atoms with Crippen molar-refractivity contribution in [3.63, 3.8) is 0 Å². The van der Waals surface area contributed by atoms with E-state index < -0.39 is 5.97 Å². The molecule has 0 unspecified atom stereocenters. The highest BCUT2D eigenvalue weighted by Crippen LogP contribution is 2.36. The summed E-state index contributed by atoms with van der Waals surface area (Å²) in [5.74, 6) is -0.275. The highest BCUT2D eigenvalue weighted by atomic mass is 32.1. The quantitative estimate of drug-likeness (QED) is 0.910. The van der Waals surface area contributed by atoms with Gasteiger partial charge in [0.2, 0.25) is 0 Å². The lowest BCUT2D eigenvalue weighted by Gasteiger charge is -2.44. The summed E-state index contributed by atoms with van der Waals surface area (Å²) in [5.41, 5.74) is 0. The number of piperidine rings is 1. The molecule has 0 bridgehead atoms. The van der Waals surface area contributed by atoms with Crippen LogP contribution in [0.1, 0.15) is 57.9 Å². The molecule has 20 heavy (non-hydrogen) atoms. The lowest BCUT2D eigenvalue weighted by Crippen LogP contribution is -2.49. The van der Waals surface area contributed by atoms with E-state index in [9.17, 15) is 9.59 Å². The molecular weight excluding hydrogens is 274 g/mol. The van der Waals surface area contributed by atoms with E-state index in [1.165, 1.54) is 31.7 Å². The molecule has 2 heterocycles. The summed E-state index contributed by atoms with van der Waals surface area (Å²) < 4.78 is 0. The average Bonchev–Trinajstić information content (AvgIpc) is 2.96. The number of nitrogens with zero attached hydrogens (tertiary/aromatic N) is 1. The fourth-order valence-electron chi connectivity index (χ4n) is 3.59. The Kier molecular flexibility index (Phi) is 3.78. The molecule has 5 heteroatoms. The highest BCUT2D eigenvalue weighted by molar-refractivity contribution is 7.15. The number of hydrogen-bond donors (Lipinski definition) is 1. The Morgan fingerprint density at radius 3 is 2.55 bits per heavy atom. The third kappa shape index (κ3) is 2.46. The molecular formula is C15H19NO3S. The van der Waals surface area contributed by atoms with Gasteiger partial charge in [0.05, 0.1) is 4.88 Å². The minimum Gasteiger partial charge on any atom is -0.477 e. The van der Waals surface area contributed by atoms with Gasteiger partial charge in [-0.1, -0.05) is 12.8 Å². The van der Waals surface area contributed by atoms with E-state index >= 15 is 0 Å². The number of hydrogen-bond acceptors (Lipinski definition) is 3. The molecule has 0 aromatic carbocycles. The molecule has 1 aromatic rings. The van der Waals surface area contributed by atoms with Gasteiger partial charge in [0, 0.05) is 12.6 Å². The molecule has 1 aromatic heterocycles. The molecule has 4 nitrogen and oxygen atoms in total. The van der Waals surface area contributed by atoms with Gasteiger partial charge in [-0.25, -0.2) is 4.79 Å². The first-order valence-corrected chi connectivity index (χ1v) is 8.12. The van der Waals surface area contributed by atoms with Crippen LogP contribution in [0.5, 0.6) is 0 Å². The molecule has 0 spiro atoms.